The quantitative estimate of drug-likeness (QED) is 0.922. The Hall–Kier alpha value is -1.80. The zero-order valence-electron chi connectivity index (χ0n) is 12.0. The average molecular weight is 266 g/mol. The minimum atomic E-state index is 0.426. The molecule has 20 heavy (non-hydrogen) atoms. The van der Waals surface area contributed by atoms with Crippen LogP contribution in [0.1, 0.15) is 23.6 Å². The van der Waals surface area contributed by atoms with Gasteiger partial charge in [-0.2, -0.15) is 0 Å². The molecule has 0 saturated carbocycles. The molecule has 104 valence electrons. The second-order valence-corrected chi connectivity index (χ2v) is 5.64. The molecule has 0 aromatic heterocycles. The zero-order valence-corrected chi connectivity index (χ0v) is 12.0. The molecule has 1 aliphatic rings. The van der Waals surface area contributed by atoms with E-state index in [0.717, 1.165) is 19.4 Å². The summed E-state index contributed by atoms with van der Waals surface area (Å²) in [5.41, 5.74) is 10.0. The van der Waals surface area contributed by atoms with Crippen LogP contribution in [0.4, 0.5) is 5.69 Å². The van der Waals surface area contributed by atoms with E-state index in [1.807, 2.05) is 0 Å². The lowest BCUT2D eigenvalue weighted by Gasteiger charge is -2.42. The first kappa shape index (κ1) is 13.2. The molecular formula is C18H22N2. The first-order valence-electron chi connectivity index (χ1n) is 7.37. The van der Waals surface area contributed by atoms with Crippen LogP contribution in [0.25, 0.3) is 0 Å². The van der Waals surface area contributed by atoms with Gasteiger partial charge in [-0.25, -0.2) is 0 Å². The largest absolute Gasteiger partial charge is 0.367 e. The van der Waals surface area contributed by atoms with Gasteiger partial charge in [0, 0.05) is 12.7 Å². The van der Waals surface area contributed by atoms with Crippen LogP contribution in [-0.2, 0) is 6.42 Å². The molecule has 0 spiro atoms. The molecule has 2 heteroatoms. The number of benzene rings is 2. The highest BCUT2D eigenvalue weighted by Gasteiger charge is 2.32. The number of fused-ring (bicyclic) bond motifs is 1. The molecule has 0 fully saturated rings. The Kier molecular flexibility index (Phi) is 3.75. The molecule has 2 aromatic rings. The number of hydrogen-bond donors (Lipinski definition) is 1. The standard InChI is InChI=1S/C18H22N2/c1-20-17-10-6-5-9-15(17)13-16(11-12-19)18(20)14-7-3-2-4-8-14/h2-10,16,18H,11-13,19H2,1H3/t16-,18-/m0/s1. The average Bonchev–Trinajstić information content (AvgIpc) is 2.49. The van der Waals surface area contributed by atoms with Crippen molar-refractivity contribution in [3.05, 3.63) is 65.7 Å². The van der Waals surface area contributed by atoms with Crippen LogP contribution in [-0.4, -0.2) is 13.6 Å². The SMILES string of the molecule is CN1c2ccccc2C[C@H](CCN)[C@@H]1c1ccccc1. The van der Waals surface area contributed by atoms with Crippen LogP contribution in [0.15, 0.2) is 54.6 Å². The molecule has 0 unspecified atom stereocenters. The summed E-state index contributed by atoms with van der Waals surface area (Å²) in [7, 11) is 2.21. The van der Waals surface area contributed by atoms with Crippen molar-refractivity contribution >= 4 is 5.69 Å². The summed E-state index contributed by atoms with van der Waals surface area (Å²) in [6.07, 6.45) is 2.19. The second-order valence-electron chi connectivity index (χ2n) is 5.64. The van der Waals surface area contributed by atoms with Gasteiger partial charge in [-0.3, -0.25) is 0 Å². The van der Waals surface area contributed by atoms with Crippen molar-refractivity contribution in [1.82, 2.24) is 0 Å². The van der Waals surface area contributed by atoms with Gasteiger partial charge in [0.25, 0.3) is 0 Å². The van der Waals surface area contributed by atoms with Crippen LogP contribution in [0.5, 0.6) is 0 Å². The fourth-order valence-electron chi connectivity index (χ4n) is 3.51. The summed E-state index contributed by atoms with van der Waals surface area (Å²) in [6.45, 7) is 0.754. The molecule has 1 aliphatic heterocycles. The van der Waals surface area contributed by atoms with Crippen molar-refractivity contribution in [2.24, 2.45) is 11.7 Å². The molecule has 2 nitrogen and oxygen atoms in total. The van der Waals surface area contributed by atoms with E-state index in [1.54, 1.807) is 0 Å². The molecule has 0 aliphatic carbocycles. The minimum absolute atomic E-state index is 0.426. The molecule has 3 rings (SSSR count). The maximum atomic E-state index is 5.85. The van der Waals surface area contributed by atoms with Crippen molar-refractivity contribution < 1.29 is 0 Å². The van der Waals surface area contributed by atoms with E-state index >= 15 is 0 Å². The van der Waals surface area contributed by atoms with Gasteiger partial charge in [0.2, 0.25) is 0 Å². The lowest BCUT2D eigenvalue weighted by Crippen LogP contribution is -2.37. The van der Waals surface area contributed by atoms with E-state index in [4.69, 9.17) is 5.73 Å². The fourth-order valence-corrected chi connectivity index (χ4v) is 3.51. The molecule has 2 atom stereocenters. The smallest absolute Gasteiger partial charge is 0.0571 e. The molecule has 1 heterocycles. The maximum Gasteiger partial charge on any atom is 0.0571 e. The van der Waals surface area contributed by atoms with Gasteiger partial charge in [0.1, 0.15) is 0 Å². The van der Waals surface area contributed by atoms with Crippen LogP contribution in [0.2, 0.25) is 0 Å². The van der Waals surface area contributed by atoms with Gasteiger partial charge in [0.15, 0.2) is 0 Å². The van der Waals surface area contributed by atoms with Gasteiger partial charge in [0.05, 0.1) is 6.04 Å². The summed E-state index contributed by atoms with van der Waals surface area (Å²) in [6, 6.07) is 20.0. The van der Waals surface area contributed by atoms with E-state index in [0.29, 0.717) is 12.0 Å². The maximum absolute atomic E-state index is 5.85. The predicted molar refractivity (Wildman–Crippen MR) is 84.9 cm³/mol. The van der Waals surface area contributed by atoms with E-state index in [9.17, 15) is 0 Å². The van der Waals surface area contributed by atoms with Gasteiger partial charge < -0.3 is 10.6 Å². The number of anilines is 1. The minimum Gasteiger partial charge on any atom is -0.367 e. The first-order valence-corrected chi connectivity index (χ1v) is 7.37. The van der Waals surface area contributed by atoms with E-state index < -0.39 is 0 Å². The highest BCUT2D eigenvalue weighted by molar-refractivity contribution is 5.57. The van der Waals surface area contributed by atoms with Gasteiger partial charge >= 0.3 is 0 Å². The van der Waals surface area contributed by atoms with Gasteiger partial charge in [-0.05, 0) is 42.5 Å². The van der Waals surface area contributed by atoms with Crippen LogP contribution >= 0.6 is 0 Å². The summed E-state index contributed by atoms with van der Waals surface area (Å²) < 4.78 is 0. The molecule has 2 N–H and O–H groups in total. The van der Waals surface area contributed by atoms with Crippen molar-refractivity contribution in [3.63, 3.8) is 0 Å². The van der Waals surface area contributed by atoms with Gasteiger partial charge in [-0.15, -0.1) is 0 Å². The van der Waals surface area contributed by atoms with E-state index in [-0.39, 0.29) is 0 Å². The number of nitrogens with zero attached hydrogens (tertiary/aromatic N) is 1. The molecule has 0 amide bonds. The predicted octanol–water partition coefficient (Wildman–Crippen LogP) is 3.39. The van der Waals surface area contributed by atoms with Crippen molar-refractivity contribution in [1.29, 1.82) is 0 Å². The summed E-state index contributed by atoms with van der Waals surface area (Å²) in [5, 5.41) is 0. The topological polar surface area (TPSA) is 29.3 Å². The summed E-state index contributed by atoms with van der Waals surface area (Å²) in [5.74, 6) is 0.585. The Labute approximate surface area is 121 Å². The Morgan fingerprint density at radius 1 is 1.05 bits per heavy atom. The Morgan fingerprint density at radius 2 is 1.75 bits per heavy atom. The third-order valence-corrected chi connectivity index (χ3v) is 4.40. The van der Waals surface area contributed by atoms with Crippen LogP contribution in [0, 0.1) is 5.92 Å². The lowest BCUT2D eigenvalue weighted by molar-refractivity contribution is 0.376. The van der Waals surface area contributed by atoms with Gasteiger partial charge in [-0.1, -0.05) is 48.5 Å². The third-order valence-electron chi connectivity index (χ3n) is 4.40. The Bertz CT molecular complexity index is 565. The highest BCUT2D eigenvalue weighted by atomic mass is 15.1. The van der Waals surface area contributed by atoms with Crippen LogP contribution < -0.4 is 10.6 Å². The molecular weight excluding hydrogens is 244 g/mol. The number of nitrogens with two attached hydrogens (primary N) is 1. The molecule has 0 saturated heterocycles. The fraction of sp³-hybridized carbons (Fsp3) is 0.333. The van der Waals surface area contributed by atoms with Crippen molar-refractivity contribution in [3.8, 4) is 0 Å². The number of hydrogen-bond acceptors (Lipinski definition) is 2. The number of para-hydroxylation sites is 1. The lowest BCUT2D eigenvalue weighted by atomic mass is 9.80. The monoisotopic (exact) mass is 266 g/mol. The van der Waals surface area contributed by atoms with Crippen molar-refractivity contribution in [2.45, 2.75) is 18.9 Å². The Balaban J connectivity index is 2.02. The molecule has 2 aromatic carbocycles. The second kappa shape index (κ2) is 5.68. The normalized spacial score (nSPS) is 21.6. The first-order chi connectivity index (χ1) is 9.81. The molecule has 0 radical (unpaired) electrons. The number of rotatable bonds is 3. The zero-order chi connectivity index (χ0) is 13.9. The van der Waals surface area contributed by atoms with E-state index in [2.05, 4.69) is 66.5 Å². The molecule has 0 bridgehead atoms. The Morgan fingerprint density at radius 3 is 2.50 bits per heavy atom. The van der Waals surface area contributed by atoms with Crippen LogP contribution in [0.3, 0.4) is 0 Å². The summed E-state index contributed by atoms with van der Waals surface area (Å²) >= 11 is 0. The third kappa shape index (κ3) is 2.32. The summed E-state index contributed by atoms with van der Waals surface area (Å²) in [4.78, 5) is 2.43. The van der Waals surface area contributed by atoms with E-state index in [1.165, 1.54) is 16.8 Å². The highest BCUT2D eigenvalue weighted by Crippen LogP contribution is 2.41. The van der Waals surface area contributed by atoms with Crippen molar-refractivity contribution in [2.75, 3.05) is 18.5 Å².